The average Bonchev–Trinajstić information content (AvgIpc) is 2.44. The Hall–Kier alpha value is -1.11. The highest BCUT2D eigenvalue weighted by molar-refractivity contribution is 6.32. The fraction of sp³-hybridized carbons (Fsp3) is 0.667. The Labute approximate surface area is 118 Å². The lowest BCUT2D eigenvalue weighted by Crippen LogP contribution is -2.39. The summed E-state index contributed by atoms with van der Waals surface area (Å²) >= 11 is 6.08. The van der Waals surface area contributed by atoms with Gasteiger partial charge in [-0.05, 0) is 25.8 Å². The van der Waals surface area contributed by atoms with Gasteiger partial charge >= 0.3 is 0 Å². The van der Waals surface area contributed by atoms with Crippen LogP contribution in [-0.2, 0) is 0 Å². The van der Waals surface area contributed by atoms with E-state index >= 15 is 0 Å². The SMILES string of the molecule is CCCN1CCC(Nc2nc(NN)ncc2Cl)CC1. The van der Waals surface area contributed by atoms with Crippen molar-refractivity contribution < 1.29 is 0 Å². The van der Waals surface area contributed by atoms with Gasteiger partial charge in [0.2, 0.25) is 5.95 Å². The first kappa shape index (κ1) is 14.3. The van der Waals surface area contributed by atoms with Gasteiger partial charge in [0.15, 0.2) is 5.82 Å². The van der Waals surface area contributed by atoms with Crippen molar-refractivity contribution >= 4 is 23.4 Å². The third kappa shape index (κ3) is 3.92. The molecule has 1 aromatic rings. The Bertz CT molecular complexity index is 405. The number of nitrogens with zero attached hydrogens (tertiary/aromatic N) is 3. The van der Waals surface area contributed by atoms with Crippen LogP contribution in [-0.4, -0.2) is 40.5 Å². The monoisotopic (exact) mass is 284 g/mol. The van der Waals surface area contributed by atoms with Gasteiger partial charge in [-0.3, -0.25) is 5.43 Å². The molecule has 6 nitrogen and oxygen atoms in total. The number of piperidine rings is 1. The molecule has 1 aliphatic rings. The molecular weight excluding hydrogens is 264 g/mol. The predicted molar refractivity (Wildman–Crippen MR) is 78.2 cm³/mol. The van der Waals surface area contributed by atoms with Crippen LogP contribution in [0.3, 0.4) is 0 Å². The molecule has 1 aromatic heterocycles. The normalized spacial score (nSPS) is 17.4. The van der Waals surface area contributed by atoms with Crippen molar-refractivity contribution in [2.24, 2.45) is 5.84 Å². The Balaban J connectivity index is 1.91. The number of rotatable bonds is 5. The maximum atomic E-state index is 6.08. The van der Waals surface area contributed by atoms with Gasteiger partial charge in [0.05, 0.1) is 6.20 Å². The molecule has 1 aliphatic heterocycles. The van der Waals surface area contributed by atoms with Gasteiger partial charge in [-0.25, -0.2) is 10.8 Å². The lowest BCUT2D eigenvalue weighted by Gasteiger charge is -2.32. The number of aromatic nitrogens is 2. The van der Waals surface area contributed by atoms with Crippen LogP contribution < -0.4 is 16.6 Å². The molecule has 4 N–H and O–H groups in total. The van der Waals surface area contributed by atoms with Gasteiger partial charge in [-0.15, -0.1) is 0 Å². The first-order valence-electron chi connectivity index (χ1n) is 6.71. The van der Waals surface area contributed by atoms with E-state index in [1.807, 2.05) is 0 Å². The molecule has 0 aromatic carbocycles. The summed E-state index contributed by atoms with van der Waals surface area (Å²) in [6, 6.07) is 0.408. The lowest BCUT2D eigenvalue weighted by molar-refractivity contribution is 0.219. The second-order valence-corrected chi connectivity index (χ2v) is 5.20. The van der Waals surface area contributed by atoms with Crippen LogP contribution in [0.4, 0.5) is 11.8 Å². The first-order chi connectivity index (χ1) is 9.22. The highest BCUT2D eigenvalue weighted by Gasteiger charge is 2.19. The molecule has 0 aliphatic carbocycles. The van der Waals surface area contributed by atoms with Crippen molar-refractivity contribution in [3.8, 4) is 0 Å². The largest absolute Gasteiger partial charge is 0.366 e. The van der Waals surface area contributed by atoms with E-state index in [1.165, 1.54) is 13.0 Å². The summed E-state index contributed by atoms with van der Waals surface area (Å²) in [6.45, 7) is 5.64. The number of hydrogen-bond donors (Lipinski definition) is 3. The molecule has 0 atom stereocenters. The topological polar surface area (TPSA) is 79.1 Å². The molecule has 0 bridgehead atoms. The zero-order valence-corrected chi connectivity index (χ0v) is 12.0. The summed E-state index contributed by atoms with van der Waals surface area (Å²) in [5.74, 6) is 6.32. The minimum absolute atomic E-state index is 0.371. The van der Waals surface area contributed by atoms with Gasteiger partial charge in [0, 0.05) is 19.1 Å². The summed E-state index contributed by atoms with van der Waals surface area (Å²) < 4.78 is 0. The van der Waals surface area contributed by atoms with Crippen LogP contribution in [0, 0.1) is 0 Å². The van der Waals surface area contributed by atoms with Crippen LogP contribution in [0.1, 0.15) is 26.2 Å². The highest BCUT2D eigenvalue weighted by atomic mass is 35.5. The van der Waals surface area contributed by atoms with E-state index in [0.717, 1.165) is 25.9 Å². The zero-order valence-electron chi connectivity index (χ0n) is 11.2. The van der Waals surface area contributed by atoms with Crippen molar-refractivity contribution in [3.05, 3.63) is 11.2 Å². The number of nitrogen functional groups attached to an aromatic ring is 1. The van der Waals surface area contributed by atoms with E-state index in [-0.39, 0.29) is 0 Å². The summed E-state index contributed by atoms with van der Waals surface area (Å²) in [5, 5.41) is 3.90. The number of nitrogens with one attached hydrogen (secondary N) is 2. The number of nitrogens with two attached hydrogens (primary N) is 1. The van der Waals surface area contributed by atoms with Crippen LogP contribution in [0.2, 0.25) is 5.02 Å². The van der Waals surface area contributed by atoms with Crippen molar-refractivity contribution in [1.82, 2.24) is 14.9 Å². The fourth-order valence-electron chi connectivity index (χ4n) is 2.35. The maximum absolute atomic E-state index is 6.08. The number of likely N-dealkylation sites (tertiary alicyclic amines) is 1. The number of hydrogen-bond acceptors (Lipinski definition) is 6. The van der Waals surface area contributed by atoms with E-state index in [0.29, 0.717) is 22.8 Å². The number of hydrazine groups is 1. The second-order valence-electron chi connectivity index (χ2n) is 4.79. The standard InChI is InChI=1S/C12H21ClN6/c1-2-5-19-6-3-9(4-7-19)16-11-10(13)8-15-12(17-11)18-14/h8-9H,2-7,14H2,1H3,(H2,15,16,17,18). The third-order valence-electron chi connectivity index (χ3n) is 3.34. The van der Waals surface area contributed by atoms with E-state index in [9.17, 15) is 0 Å². The van der Waals surface area contributed by atoms with Crippen molar-refractivity contribution in [1.29, 1.82) is 0 Å². The summed E-state index contributed by atoms with van der Waals surface area (Å²) in [4.78, 5) is 10.7. The minimum Gasteiger partial charge on any atom is -0.366 e. The van der Waals surface area contributed by atoms with Gasteiger partial charge in [-0.1, -0.05) is 18.5 Å². The fourth-order valence-corrected chi connectivity index (χ4v) is 2.49. The third-order valence-corrected chi connectivity index (χ3v) is 3.62. The minimum atomic E-state index is 0.371. The molecule has 106 valence electrons. The molecule has 0 saturated carbocycles. The summed E-state index contributed by atoms with van der Waals surface area (Å²) in [5.41, 5.74) is 2.43. The second kappa shape index (κ2) is 6.88. The van der Waals surface area contributed by atoms with E-state index in [4.69, 9.17) is 17.4 Å². The molecule has 19 heavy (non-hydrogen) atoms. The summed E-state index contributed by atoms with van der Waals surface area (Å²) in [7, 11) is 0. The lowest BCUT2D eigenvalue weighted by atomic mass is 10.0. The van der Waals surface area contributed by atoms with Crippen molar-refractivity contribution in [2.75, 3.05) is 30.4 Å². The molecule has 2 heterocycles. The molecule has 1 fully saturated rings. The summed E-state index contributed by atoms with van der Waals surface area (Å²) in [6.07, 6.45) is 4.97. The van der Waals surface area contributed by atoms with E-state index in [1.54, 1.807) is 6.20 Å². The smallest absolute Gasteiger partial charge is 0.239 e. The van der Waals surface area contributed by atoms with Crippen LogP contribution in [0.5, 0.6) is 0 Å². The van der Waals surface area contributed by atoms with Crippen molar-refractivity contribution in [2.45, 2.75) is 32.2 Å². The van der Waals surface area contributed by atoms with E-state index in [2.05, 4.69) is 32.5 Å². The number of halogens is 1. The highest BCUT2D eigenvalue weighted by Crippen LogP contribution is 2.22. The quantitative estimate of drug-likeness (QED) is 0.564. The molecule has 0 radical (unpaired) electrons. The molecule has 7 heteroatoms. The van der Waals surface area contributed by atoms with Crippen LogP contribution >= 0.6 is 11.6 Å². The number of anilines is 2. The molecule has 0 amide bonds. The van der Waals surface area contributed by atoms with Gasteiger partial charge in [0.25, 0.3) is 0 Å². The molecule has 2 rings (SSSR count). The molecular formula is C12H21ClN6. The van der Waals surface area contributed by atoms with E-state index < -0.39 is 0 Å². The van der Waals surface area contributed by atoms with Gasteiger partial charge in [-0.2, -0.15) is 4.98 Å². The van der Waals surface area contributed by atoms with Gasteiger partial charge < -0.3 is 10.2 Å². The van der Waals surface area contributed by atoms with Gasteiger partial charge in [0.1, 0.15) is 5.02 Å². The first-order valence-corrected chi connectivity index (χ1v) is 7.08. The predicted octanol–water partition coefficient (Wildman–Crippen LogP) is 1.70. The van der Waals surface area contributed by atoms with Crippen molar-refractivity contribution in [3.63, 3.8) is 0 Å². The Morgan fingerprint density at radius 2 is 2.21 bits per heavy atom. The zero-order chi connectivity index (χ0) is 13.7. The Kier molecular flexibility index (Phi) is 5.18. The molecule has 0 unspecified atom stereocenters. The maximum Gasteiger partial charge on any atom is 0.239 e. The van der Waals surface area contributed by atoms with Crippen LogP contribution in [0.15, 0.2) is 6.20 Å². The van der Waals surface area contributed by atoms with Crippen LogP contribution in [0.25, 0.3) is 0 Å². The molecule has 1 saturated heterocycles. The Morgan fingerprint density at radius 1 is 1.47 bits per heavy atom. The average molecular weight is 285 g/mol. The molecule has 0 spiro atoms. The Morgan fingerprint density at radius 3 is 2.84 bits per heavy atom.